The summed E-state index contributed by atoms with van der Waals surface area (Å²) in [7, 11) is 0. The van der Waals surface area contributed by atoms with Gasteiger partial charge in [0.15, 0.2) is 5.65 Å². The second-order valence-electron chi connectivity index (χ2n) is 5.40. The zero-order valence-corrected chi connectivity index (χ0v) is 15.8. The Morgan fingerprint density at radius 1 is 1.04 bits per heavy atom. The average molecular weight is 450 g/mol. The van der Waals surface area contributed by atoms with Gasteiger partial charge in [-0.15, -0.1) is 0 Å². The van der Waals surface area contributed by atoms with Gasteiger partial charge in [-0.1, -0.05) is 30.4 Å². The second kappa shape index (κ2) is 8.82. The minimum absolute atomic E-state index is 0.198. The van der Waals surface area contributed by atoms with E-state index in [1.54, 1.807) is 0 Å². The number of rotatable bonds is 7. The molecular weight excluding hydrogens is 431 g/mol. The molecule has 2 N–H and O–H groups in total. The van der Waals surface area contributed by atoms with Crippen molar-refractivity contribution in [3.63, 3.8) is 0 Å². The number of aromatic nitrogens is 3. The van der Waals surface area contributed by atoms with Gasteiger partial charge in [-0.25, -0.2) is 0 Å². The number of anilines is 1. The molecular formula is C18H19IN4O2. The normalized spacial score (nSPS) is 19.6. The van der Waals surface area contributed by atoms with Crippen molar-refractivity contribution in [2.24, 2.45) is 0 Å². The molecule has 0 fully saturated rings. The third-order valence-electron chi connectivity index (χ3n) is 3.64. The van der Waals surface area contributed by atoms with Crippen molar-refractivity contribution in [3.8, 4) is 5.88 Å². The fraction of sp³-hybridized carbons (Fsp3) is 0.222. The number of allylic oxidation sites excluding steroid dienone is 8. The van der Waals surface area contributed by atoms with Crippen LogP contribution in [0.2, 0.25) is 0 Å². The van der Waals surface area contributed by atoms with Crippen LogP contribution in [0.15, 0.2) is 54.8 Å². The van der Waals surface area contributed by atoms with Crippen LogP contribution >= 0.6 is 23.0 Å². The van der Waals surface area contributed by atoms with Gasteiger partial charge in [-0.2, -0.15) is 9.97 Å². The molecule has 2 aromatic heterocycles. The molecule has 0 aromatic carbocycles. The van der Waals surface area contributed by atoms with E-state index in [9.17, 15) is 0 Å². The van der Waals surface area contributed by atoms with E-state index in [1.807, 2.05) is 82.4 Å². The molecule has 0 bridgehead atoms. The van der Waals surface area contributed by atoms with Crippen LogP contribution < -0.4 is 10.5 Å². The molecule has 0 unspecified atom stereocenters. The first-order chi connectivity index (χ1) is 12.3. The predicted molar refractivity (Wildman–Crippen MR) is 108 cm³/mol. The van der Waals surface area contributed by atoms with Gasteiger partial charge in [-0.3, -0.25) is 0 Å². The lowest BCUT2D eigenvalue weighted by Gasteiger charge is -2.09. The van der Waals surface area contributed by atoms with Crippen molar-refractivity contribution in [1.82, 2.24) is 14.5 Å². The number of ether oxygens (including phenoxy) is 1. The van der Waals surface area contributed by atoms with Gasteiger partial charge in [0.25, 0.3) is 0 Å². The van der Waals surface area contributed by atoms with Gasteiger partial charge < -0.3 is 18.1 Å². The highest BCUT2D eigenvalue weighted by atomic mass is 127. The van der Waals surface area contributed by atoms with Crippen LogP contribution in [-0.2, 0) is 3.07 Å². The van der Waals surface area contributed by atoms with Crippen LogP contribution in [0, 0.1) is 0 Å². The van der Waals surface area contributed by atoms with Crippen LogP contribution in [0.1, 0.15) is 12.8 Å². The summed E-state index contributed by atoms with van der Waals surface area (Å²) in [6.07, 6.45) is 17.7. The van der Waals surface area contributed by atoms with Crippen molar-refractivity contribution in [2.45, 2.75) is 12.8 Å². The molecule has 1 aliphatic rings. The number of nitrogens with zero attached hydrogens (tertiary/aromatic N) is 3. The molecule has 0 saturated carbocycles. The Morgan fingerprint density at radius 3 is 2.72 bits per heavy atom. The van der Waals surface area contributed by atoms with Crippen LogP contribution in [-0.4, -0.2) is 27.7 Å². The first kappa shape index (κ1) is 17.7. The van der Waals surface area contributed by atoms with Crippen molar-refractivity contribution in [2.75, 3.05) is 18.9 Å². The number of hydrogen-bond acceptors (Lipinski definition) is 5. The van der Waals surface area contributed by atoms with E-state index < -0.39 is 0 Å². The summed E-state index contributed by atoms with van der Waals surface area (Å²) >= 11 is 1.90. The standard InChI is InChI=1S/C18H19IN4O2/c19-25-13-7-6-12-24-17-15-10-11-23(16(15)21-18(20)22-17)14-8-4-2-1-3-5-9-14/h1-5,8-11H,6-7,12-13H2,(H2,20,21,22)/b2-1-,3-1?,4-2?,5-3-,8-4-,9-5?,14-8?,14-9+. The second-order valence-corrected chi connectivity index (χ2v) is 6.02. The summed E-state index contributed by atoms with van der Waals surface area (Å²) in [4.78, 5) is 8.64. The SMILES string of the molecule is Nc1nc(OCCCCOI)c2ccn(C3=C/C=C\C=C/C=C\3)c2n1. The molecule has 0 spiro atoms. The lowest BCUT2D eigenvalue weighted by Crippen LogP contribution is -2.05. The molecule has 6 nitrogen and oxygen atoms in total. The van der Waals surface area contributed by atoms with Gasteiger partial charge >= 0.3 is 0 Å². The highest BCUT2D eigenvalue weighted by molar-refractivity contribution is 14.1. The van der Waals surface area contributed by atoms with Gasteiger partial charge in [0.1, 0.15) is 23.0 Å². The molecule has 0 aliphatic heterocycles. The van der Waals surface area contributed by atoms with Crippen LogP contribution in [0.4, 0.5) is 5.95 Å². The zero-order chi connectivity index (χ0) is 17.5. The molecule has 0 saturated heterocycles. The fourth-order valence-electron chi connectivity index (χ4n) is 2.47. The number of fused-ring (bicyclic) bond motifs is 1. The number of halogens is 1. The molecule has 25 heavy (non-hydrogen) atoms. The summed E-state index contributed by atoms with van der Waals surface area (Å²) in [5.74, 6) is 0.714. The third-order valence-corrected chi connectivity index (χ3v) is 4.08. The highest BCUT2D eigenvalue weighted by Gasteiger charge is 2.13. The lowest BCUT2D eigenvalue weighted by atomic mass is 10.2. The summed E-state index contributed by atoms with van der Waals surface area (Å²) in [6.45, 7) is 1.27. The topological polar surface area (TPSA) is 75.2 Å². The van der Waals surface area contributed by atoms with Crippen molar-refractivity contribution >= 4 is 45.7 Å². The molecule has 7 heteroatoms. The van der Waals surface area contributed by atoms with Crippen LogP contribution in [0.25, 0.3) is 16.7 Å². The quantitative estimate of drug-likeness (QED) is 0.509. The van der Waals surface area contributed by atoms with E-state index in [-0.39, 0.29) is 5.95 Å². The molecule has 3 rings (SSSR count). The Bertz CT molecular complexity index is 852. The molecule has 1 aliphatic carbocycles. The average Bonchev–Trinajstić information content (AvgIpc) is 2.98. The molecule has 0 atom stereocenters. The first-order valence-electron chi connectivity index (χ1n) is 8.02. The van der Waals surface area contributed by atoms with Crippen LogP contribution in [0.3, 0.4) is 0 Å². The Morgan fingerprint density at radius 2 is 1.84 bits per heavy atom. The Hall–Kier alpha value is -2.13. The molecule has 2 heterocycles. The van der Waals surface area contributed by atoms with Crippen LogP contribution in [0.5, 0.6) is 5.88 Å². The van der Waals surface area contributed by atoms with Gasteiger partial charge in [0.2, 0.25) is 11.8 Å². The molecule has 0 amide bonds. The highest BCUT2D eigenvalue weighted by Crippen LogP contribution is 2.27. The maximum atomic E-state index is 5.89. The first-order valence-corrected chi connectivity index (χ1v) is 8.90. The van der Waals surface area contributed by atoms with E-state index in [2.05, 4.69) is 9.97 Å². The third kappa shape index (κ3) is 4.49. The molecule has 2 aromatic rings. The predicted octanol–water partition coefficient (Wildman–Crippen LogP) is 4.06. The lowest BCUT2D eigenvalue weighted by molar-refractivity contribution is 0.286. The number of unbranched alkanes of at least 4 members (excludes halogenated alkanes) is 1. The maximum Gasteiger partial charge on any atom is 0.227 e. The van der Waals surface area contributed by atoms with Crippen molar-refractivity contribution in [1.29, 1.82) is 0 Å². The summed E-state index contributed by atoms with van der Waals surface area (Å²) < 4.78 is 12.8. The minimum Gasteiger partial charge on any atom is -0.477 e. The van der Waals surface area contributed by atoms with Gasteiger partial charge in [0.05, 0.1) is 18.6 Å². The monoisotopic (exact) mass is 450 g/mol. The molecule has 130 valence electrons. The number of nitrogens with two attached hydrogens (primary N) is 1. The van der Waals surface area contributed by atoms with E-state index in [0.717, 1.165) is 29.6 Å². The largest absolute Gasteiger partial charge is 0.477 e. The Balaban J connectivity index is 1.88. The number of hydrogen-bond donors (Lipinski definition) is 1. The van der Waals surface area contributed by atoms with Gasteiger partial charge in [-0.05, 0) is 31.1 Å². The van der Waals surface area contributed by atoms with Crippen molar-refractivity contribution < 1.29 is 7.80 Å². The fourth-order valence-corrected chi connectivity index (χ4v) is 2.78. The van der Waals surface area contributed by atoms with E-state index in [0.29, 0.717) is 19.1 Å². The van der Waals surface area contributed by atoms with Crippen molar-refractivity contribution in [3.05, 3.63) is 54.8 Å². The molecule has 0 radical (unpaired) electrons. The zero-order valence-electron chi connectivity index (χ0n) is 13.6. The Labute approximate surface area is 160 Å². The smallest absolute Gasteiger partial charge is 0.227 e. The van der Waals surface area contributed by atoms with E-state index >= 15 is 0 Å². The summed E-state index contributed by atoms with van der Waals surface area (Å²) in [5, 5.41) is 0.843. The maximum absolute atomic E-state index is 5.89. The minimum atomic E-state index is 0.198. The Kier molecular flexibility index (Phi) is 6.24. The summed E-state index contributed by atoms with van der Waals surface area (Å²) in [5.41, 5.74) is 7.60. The van der Waals surface area contributed by atoms with Gasteiger partial charge in [0, 0.05) is 11.9 Å². The van der Waals surface area contributed by atoms with E-state index in [4.69, 9.17) is 13.5 Å². The summed E-state index contributed by atoms with van der Waals surface area (Å²) in [6, 6.07) is 1.95. The number of nitrogen functional groups attached to an aromatic ring is 1. The van der Waals surface area contributed by atoms with E-state index in [1.165, 1.54) is 0 Å².